The predicted octanol–water partition coefficient (Wildman–Crippen LogP) is 3.95. The van der Waals surface area contributed by atoms with Gasteiger partial charge in [-0.2, -0.15) is 0 Å². The maximum atomic E-state index is 3.52. The molecule has 0 aromatic rings. The fourth-order valence-electron chi connectivity index (χ4n) is 3.83. The Kier molecular flexibility index (Phi) is 7.23. The molecule has 1 aliphatic carbocycles. The maximum Gasteiger partial charge on any atom is 0.0232 e. The molecule has 112 valence electrons. The summed E-state index contributed by atoms with van der Waals surface area (Å²) in [6.45, 7) is 2.44. The molecule has 0 aromatic carbocycles. The lowest BCUT2D eigenvalue weighted by Gasteiger charge is -2.33. The Bertz CT molecular complexity index is 211. The van der Waals surface area contributed by atoms with Crippen molar-refractivity contribution in [2.24, 2.45) is 0 Å². The van der Waals surface area contributed by atoms with Crippen LogP contribution in [0.25, 0.3) is 0 Å². The first kappa shape index (κ1) is 15.3. The van der Waals surface area contributed by atoms with Crippen LogP contribution < -0.4 is 5.32 Å². The topological polar surface area (TPSA) is 15.3 Å². The molecule has 2 fully saturated rings. The van der Waals surface area contributed by atoms with E-state index in [1.54, 1.807) is 0 Å². The second-order valence-electron chi connectivity index (χ2n) is 6.73. The van der Waals surface area contributed by atoms with E-state index >= 15 is 0 Å². The van der Waals surface area contributed by atoms with Gasteiger partial charge in [0, 0.05) is 18.6 Å². The molecular formula is C17H34N2. The van der Waals surface area contributed by atoms with Gasteiger partial charge in [-0.1, -0.05) is 57.8 Å². The molecule has 1 saturated carbocycles. The van der Waals surface area contributed by atoms with Gasteiger partial charge in [0.15, 0.2) is 0 Å². The van der Waals surface area contributed by atoms with Gasteiger partial charge in [0.05, 0.1) is 0 Å². The van der Waals surface area contributed by atoms with Crippen LogP contribution in [-0.2, 0) is 0 Å². The Morgan fingerprint density at radius 1 is 0.684 bits per heavy atom. The van der Waals surface area contributed by atoms with E-state index in [-0.39, 0.29) is 0 Å². The summed E-state index contributed by atoms with van der Waals surface area (Å²) in [7, 11) is 2.38. The zero-order valence-corrected chi connectivity index (χ0v) is 13.0. The molecule has 0 bridgehead atoms. The van der Waals surface area contributed by atoms with Crippen LogP contribution in [-0.4, -0.2) is 37.1 Å². The minimum atomic E-state index is 0.804. The van der Waals surface area contributed by atoms with Gasteiger partial charge < -0.3 is 5.32 Å². The summed E-state index contributed by atoms with van der Waals surface area (Å²) in [5.74, 6) is 0. The Labute approximate surface area is 120 Å². The molecule has 1 saturated heterocycles. The van der Waals surface area contributed by atoms with Crippen LogP contribution in [0.1, 0.15) is 77.0 Å². The lowest BCUT2D eigenvalue weighted by molar-refractivity contribution is 0.159. The van der Waals surface area contributed by atoms with Crippen molar-refractivity contribution in [1.29, 1.82) is 0 Å². The van der Waals surface area contributed by atoms with Gasteiger partial charge >= 0.3 is 0 Å². The highest BCUT2D eigenvalue weighted by Crippen LogP contribution is 2.22. The minimum absolute atomic E-state index is 0.804. The van der Waals surface area contributed by atoms with Crippen molar-refractivity contribution in [3.8, 4) is 0 Å². The Balaban J connectivity index is 1.79. The Morgan fingerprint density at radius 3 is 1.68 bits per heavy atom. The van der Waals surface area contributed by atoms with Crippen molar-refractivity contribution in [1.82, 2.24) is 10.2 Å². The number of likely N-dealkylation sites (N-methyl/N-ethyl adjacent to an activating group) is 1. The van der Waals surface area contributed by atoms with E-state index in [1.807, 2.05) is 0 Å². The van der Waals surface area contributed by atoms with Crippen molar-refractivity contribution in [3.05, 3.63) is 0 Å². The first-order chi connectivity index (χ1) is 9.38. The lowest BCUT2D eigenvalue weighted by atomic mass is 9.96. The summed E-state index contributed by atoms with van der Waals surface area (Å²) in [5, 5.41) is 3.52. The molecule has 0 spiro atoms. The highest BCUT2D eigenvalue weighted by atomic mass is 15.2. The highest BCUT2D eigenvalue weighted by Gasteiger charge is 2.24. The highest BCUT2D eigenvalue weighted by molar-refractivity contribution is 4.83. The fourth-order valence-corrected chi connectivity index (χ4v) is 3.83. The van der Waals surface area contributed by atoms with E-state index in [1.165, 1.54) is 90.1 Å². The monoisotopic (exact) mass is 266 g/mol. The van der Waals surface area contributed by atoms with Crippen LogP contribution in [0, 0.1) is 0 Å². The van der Waals surface area contributed by atoms with Crippen molar-refractivity contribution in [2.75, 3.05) is 20.1 Å². The molecule has 1 unspecified atom stereocenters. The number of nitrogens with one attached hydrogen (secondary N) is 1. The fraction of sp³-hybridized carbons (Fsp3) is 1.00. The third-order valence-corrected chi connectivity index (χ3v) is 5.26. The van der Waals surface area contributed by atoms with Gasteiger partial charge in [0.2, 0.25) is 0 Å². The quantitative estimate of drug-likeness (QED) is 0.814. The Morgan fingerprint density at radius 2 is 1.21 bits per heavy atom. The molecule has 0 aromatic heterocycles. The predicted molar refractivity (Wildman–Crippen MR) is 83.6 cm³/mol. The molecular weight excluding hydrogens is 232 g/mol. The number of hydrogen-bond acceptors (Lipinski definition) is 2. The SMILES string of the molecule is CN(C1CCCCCCCCCCC1)C1CCNC1. The summed E-state index contributed by atoms with van der Waals surface area (Å²) in [6.07, 6.45) is 17.5. The standard InChI is InChI=1S/C17H34N2/c1-19(17-13-14-18-15-17)16-11-9-7-5-3-2-4-6-8-10-12-16/h16-18H,2-15H2,1H3. The maximum absolute atomic E-state index is 3.52. The summed E-state index contributed by atoms with van der Waals surface area (Å²) >= 11 is 0. The van der Waals surface area contributed by atoms with E-state index in [9.17, 15) is 0 Å². The van der Waals surface area contributed by atoms with Crippen molar-refractivity contribution < 1.29 is 0 Å². The van der Waals surface area contributed by atoms with Gasteiger partial charge in [0.25, 0.3) is 0 Å². The zero-order chi connectivity index (χ0) is 13.3. The van der Waals surface area contributed by atoms with Crippen molar-refractivity contribution >= 4 is 0 Å². The van der Waals surface area contributed by atoms with Crippen molar-refractivity contribution in [2.45, 2.75) is 89.1 Å². The molecule has 2 rings (SSSR count). The second-order valence-corrected chi connectivity index (χ2v) is 6.73. The van der Waals surface area contributed by atoms with Crippen LogP contribution in [0.15, 0.2) is 0 Å². The molecule has 0 amide bonds. The van der Waals surface area contributed by atoms with Crippen molar-refractivity contribution in [3.63, 3.8) is 0 Å². The first-order valence-corrected chi connectivity index (χ1v) is 8.80. The largest absolute Gasteiger partial charge is 0.315 e. The van der Waals surface area contributed by atoms with Crippen LogP contribution in [0.4, 0.5) is 0 Å². The molecule has 0 radical (unpaired) electrons. The molecule has 1 heterocycles. The summed E-state index contributed by atoms with van der Waals surface area (Å²) < 4.78 is 0. The number of rotatable bonds is 2. The smallest absolute Gasteiger partial charge is 0.0232 e. The summed E-state index contributed by atoms with van der Waals surface area (Å²) in [5.41, 5.74) is 0. The third kappa shape index (κ3) is 5.43. The van der Waals surface area contributed by atoms with E-state index in [2.05, 4.69) is 17.3 Å². The molecule has 1 N–H and O–H groups in total. The normalized spacial score (nSPS) is 29.1. The zero-order valence-electron chi connectivity index (χ0n) is 13.0. The van der Waals surface area contributed by atoms with E-state index in [4.69, 9.17) is 0 Å². The van der Waals surface area contributed by atoms with Gasteiger partial charge in [0.1, 0.15) is 0 Å². The molecule has 1 atom stereocenters. The second kappa shape index (κ2) is 8.97. The van der Waals surface area contributed by atoms with Gasteiger partial charge in [-0.25, -0.2) is 0 Å². The van der Waals surface area contributed by atoms with E-state index in [0.29, 0.717) is 0 Å². The van der Waals surface area contributed by atoms with Crippen LogP contribution in [0.3, 0.4) is 0 Å². The van der Waals surface area contributed by atoms with Crippen LogP contribution in [0.5, 0.6) is 0 Å². The van der Waals surface area contributed by atoms with Gasteiger partial charge in [-0.05, 0) is 32.9 Å². The molecule has 2 aliphatic rings. The van der Waals surface area contributed by atoms with Gasteiger partial charge in [-0.3, -0.25) is 4.90 Å². The van der Waals surface area contributed by atoms with E-state index in [0.717, 1.165) is 12.1 Å². The van der Waals surface area contributed by atoms with Crippen LogP contribution in [0.2, 0.25) is 0 Å². The summed E-state index contributed by atoms with van der Waals surface area (Å²) in [4.78, 5) is 2.71. The average Bonchev–Trinajstić information content (AvgIpc) is 2.92. The molecule has 19 heavy (non-hydrogen) atoms. The average molecular weight is 266 g/mol. The number of hydrogen-bond donors (Lipinski definition) is 1. The molecule has 2 heteroatoms. The lowest BCUT2D eigenvalue weighted by Crippen LogP contribution is -2.41. The number of nitrogens with zero attached hydrogens (tertiary/aromatic N) is 1. The third-order valence-electron chi connectivity index (χ3n) is 5.26. The van der Waals surface area contributed by atoms with Gasteiger partial charge in [-0.15, -0.1) is 0 Å². The summed E-state index contributed by atoms with van der Waals surface area (Å²) in [6, 6.07) is 1.65. The molecule has 1 aliphatic heterocycles. The Hall–Kier alpha value is -0.0800. The first-order valence-electron chi connectivity index (χ1n) is 8.80. The van der Waals surface area contributed by atoms with Crippen LogP contribution >= 0.6 is 0 Å². The molecule has 2 nitrogen and oxygen atoms in total. The van der Waals surface area contributed by atoms with E-state index < -0.39 is 0 Å². The minimum Gasteiger partial charge on any atom is -0.315 e.